The summed E-state index contributed by atoms with van der Waals surface area (Å²) in [5.74, 6) is 1.73. The fraction of sp³-hybridized carbons (Fsp3) is 0.212. The Bertz CT molecular complexity index is 1600. The molecule has 1 aliphatic rings. The van der Waals surface area contributed by atoms with Gasteiger partial charge in [0, 0.05) is 27.6 Å². The number of halogens is 2. The third kappa shape index (κ3) is 5.58. The van der Waals surface area contributed by atoms with Crippen LogP contribution < -0.4 is 4.74 Å². The zero-order valence-corrected chi connectivity index (χ0v) is 23.5. The molecule has 1 aliphatic carbocycles. The number of ether oxygens (including phenoxy) is 2. The van der Waals surface area contributed by atoms with Gasteiger partial charge in [-0.1, -0.05) is 53.5 Å². The van der Waals surface area contributed by atoms with E-state index in [-0.39, 0.29) is 18.5 Å². The summed E-state index contributed by atoms with van der Waals surface area (Å²) < 4.78 is 12.8. The summed E-state index contributed by atoms with van der Waals surface area (Å²) in [6.07, 6.45) is 2.27. The van der Waals surface area contributed by atoms with Crippen molar-refractivity contribution in [3.05, 3.63) is 124 Å². The summed E-state index contributed by atoms with van der Waals surface area (Å²) in [5.41, 5.74) is 6.44. The van der Waals surface area contributed by atoms with E-state index in [1.54, 1.807) is 6.92 Å². The third-order valence-electron chi connectivity index (χ3n) is 7.14. The largest absolute Gasteiger partial charge is 0.482 e. The van der Waals surface area contributed by atoms with Gasteiger partial charge in [-0.05, 0) is 97.1 Å². The molecule has 0 spiro atoms. The van der Waals surface area contributed by atoms with Gasteiger partial charge in [0.1, 0.15) is 11.6 Å². The maximum atomic E-state index is 11.7. The molecule has 202 valence electrons. The van der Waals surface area contributed by atoms with E-state index in [9.17, 15) is 4.79 Å². The number of hydrogen-bond acceptors (Lipinski definition) is 4. The molecule has 5 aromatic rings. The number of nitrogens with zero attached hydrogens (tertiary/aromatic N) is 2. The molecule has 1 fully saturated rings. The van der Waals surface area contributed by atoms with Crippen LogP contribution in [0.5, 0.6) is 5.75 Å². The lowest BCUT2D eigenvalue weighted by Crippen LogP contribution is -2.14. The van der Waals surface area contributed by atoms with Gasteiger partial charge in [0.05, 0.1) is 17.6 Å². The fourth-order valence-electron chi connectivity index (χ4n) is 5.10. The number of carbonyl (C=O) groups is 1. The number of fused-ring (bicyclic) bond motifs is 1. The highest BCUT2D eigenvalue weighted by atomic mass is 35.5. The van der Waals surface area contributed by atoms with Crippen LogP contribution in [0.15, 0.2) is 91.0 Å². The second-order valence-electron chi connectivity index (χ2n) is 9.95. The van der Waals surface area contributed by atoms with Crippen LogP contribution in [-0.4, -0.2) is 28.7 Å². The summed E-state index contributed by atoms with van der Waals surface area (Å²) in [6.45, 7) is 1.99. The Labute approximate surface area is 243 Å². The van der Waals surface area contributed by atoms with Gasteiger partial charge in [0.2, 0.25) is 0 Å². The van der Waals surface area contributed by atoms with E-state index < -0.39 is 0 Å². The van der Waals surface area contributed by atoms with Gasteiger partial charge >= 0.3 is 5.97 Å². The SMILES string of the molecule is CCOC(=O)COc1ccc(-n2c(C3CC3)nc3ccc(C(c4ccc(Cl)cc4)c4ccc(Cl)cc4)cc32)cc1. The standard InChI is InChI=1S/C33H28Cl2N2O3/c1-2-39-31(38)20-40-28-16-14-27(15-17-28)37-30-19-24(9-18-29(30)36-33(37)23-3-4-23)32(21-5-10-25(34)11-6-21)22-7-12-26(35)13-8-22/h5-19,23,32H,2-4,20H2,1H3. The Morgan fingerprint density at radius 2 is 1.48 bits per heavy atom. The number of esters is 1. The molecule has 0 radical (unpaired) electrons. The van der Waals surface area contributed by atoms with Gasteiger partial charge in [-0.25, -0.2) is 9.78 Å². The minimum atomic E-state index is -0.383. The second kappa shape index (κ2) is 11.4. The predicted molar refractivity (Wildman–Crippen MR) is 159 cm³/mol. The number of rotatable bonds is 9. The molecule has 40 heavy (non-hydrogen) atoms. The highest BCUT2D eigenvalue weighted by Crippen LogP contribution is 2.43. The summed E-state index contributed by atoms with van der Waals surface area (Å²) in [4.78, 5) is 16.8. The first-order valence-corrected chi connectivity index (χ1v) is 14.2. The van der Waals surface area contributed by atoms with E-state index in [1.807, 2.05) is 48.5 Å². The first kappa shape index (κ1) is 26.4. The van der Waals surface area contributed by atoms with Gasteiger partial charge in [0.25, 0.3) is 0 Å². The third-order valence-corrected chi connectivity index (χ3v) is 7.65. The van der Waals surface area contributed by atoms with Crippen LogP contribution in [0.3, 0.4) is 0 Å². The average Bonchev–Trinajstić information content (AvgIpc) is 3.75. The molecule has 0 saturated heterocycles. The highest BCUT2D eigenvalue weighted by Gasteiger charge is 2.30. The minimum Gasteiger partial charge on any atom is -0.482 e. The monoisotopic (exact) mass is 570 g/mol. The number of aromatic nitrogens is 2. The summed E-state index contributed by atoms with van der Waals surface area (Å²) in [7, 11) is 0. The van der Waals surface area contributed by atoms with Crippen LogP contribution in [0.1, 0.15) is 54.1 Å². The van der Waals surface area contributed by atoms with Crippen molar-refractivity contribution in [3.63, 3.8) is 0 Å². The molecule has 1 aromatic heterocycles. The maximum Gasteiger partial charge on any atom is 0.344 e. The first-order chi connectivity index (χ1) is 19.5. The van der Waals surface area contributed by atoms with Crippen LogP contribution in [0, 0.1) is 0 Å². The van der Waals surface area contributed by atoms with Crippen molar-refractivity contribution in [3.8, 4) is 11.4 Å². The van der Waals surface area contributed by atoms with Crippen LogP contribution in [0.25, 0.3) is 16.7 Å². The number of carbonyl (C=O) groups excluding carboxylic acids is 1. The molecule has 1 heterocycles. The Balaban J connectivity index is 1.42. The summed E-state index contributed by atoms with van der Waals surface area (Å²) in [5, 5.41) is 1.41. The topological polar surface area (TPSA) is 53.4 Å². The smallest absolute Gasteiger partial charge is 0.344 e. The lowest BCUT2D eigenvalue weighted by molar-refractivity contribution is -0.145. The zero-order chi connectivity index (χ0) is 27.6. The van der Waals surface area contributed by atoms with Crippen molar-refractivity contribution in [2.45, 2.75) is 31.6 Å². The molecule has 0 N–H and O–H groups in total. The maximum absolute atomic E-state index is 11.7. The van der Waals surface area contributed by atoms with Crippen molar-refractivity contribution in [2.75, 3.05) is 13.2 Å². The molecule has 0 bridgehead atoms. The van der Waals surface area contributed by atoms with Gasteiger partial charge in [-0.15, -0.1) is 0 Å². The van der Waals surface area contributed by atoms with E-state index in [0.717, 1.165) is 52.1 Å². The number of benzene rings is 4. The van der Waals surface area contributed by atoms with E-state index in [2.05, 4.69) is 47.0 Å². The van der Waals surface area contributed by atoms with Crippen molar-refractivity contribution in [1.82, 2.24) is 9.55 Å². The lowest BCUT2D eigenvalue weighted by Gasteiger charge is -2.20. The van der Waals surface area contributed by atoms with Crippen molar-refractivity contribution < 1.29 is 14.3 Å². The quantitative estimate of drug-likeness (QED) is 0.132. The minimum absolute atomic E-state index is 0.00897. The van der Waals surface area contributed by atoms with E-state index in [0.29, 0.717) is 28.3 Å². The summed E-state index contributed by atoms with van der Waals surface area (Å²) in [6, 6.07) is 30.3. The van der Waals surface area contributed by atoms with Gasteiger partial charge < -0.3 is 9.47 Å². The first-order valence-electron chi connectivity index (χ1n) is 13.4. The number of hydrogen-bond donors (Lipinski definition) is 0. The van der Waals surface area contributed by atoms with Crippen molar-refractivity contribution in [1.29, 1.82) is 0 Å². The Morgan fingerprint density at radius 1 is 0.875 bits per heavy atom. The lowest BCUT2D eigenvalue weighted by atomic mass is 9.85. The van der Waals surface area contributed by atoms with E-state index in [4.69, 9.17) is 37.7 Å². The van der Waals surface area contributed by atoms with Crippen LogP contribution in [0.2, 0.25) is 10.0 Å². The van der Waals surface area contributed by atoms with Gasteiger partial charge in [-0.3, -0.25) is 4.57 Å². The normalized spacial score (nSPS) is 13.1. The fourth-order valence-corrected chi connectivity index (χ4v) is 5.35. The molecule has 0 amide bonds. The molecule has 0 atom stereocenters. The number of imidazole rings is 1. The molecular weight excluding hydrogens is 543 g/mol. The Kier molecular flexibility index (Phi) is 7.50. The summed E-state index contributed by atoms with van der Waals surface area (Å²) >= 11 is 12.5. The Hall–Kier alpha value is -3.80. The van der Waals surface area contributed by atoms with Crippen LogP contribution >= 0.6 is 23.2 Å². The van der Waals surface area contributed by atoms with Gasteiger partial charge in [-0.2, -0.15) is 0 Å². The van der Waals surface area contributed by atoms with Crippen molar-refractivity contribution in [2.24, 2.45) is 0 Å². The van der Waals surface area contributed by atoms with E-state index >= 15 is 0 Å². The molecule has 5 nitrogen and oxygen atoms in total. The van der Waals surface area contributed by atoms with Crippen LogP contribution in [-0.2, 0) is 9.53 Å². The molecule has 4 aromatic carbocycles. The van der Waals surface area contributed by atoms with E-state index in [1.165, 1.54) is 0 Å². The predicted octanol–water partition coefficient (Wildman–Crippen LogP) is 8.33. The zero-order valence-electron chi connectivity index (χ0n) is 22.0. The van der Waals surface area contributed by atoms with Gasteiger partial charge in [0.15, 0.2) is 6.61 Å². The molecule has 6 rings (SSSR count). The second-order valence-corrected chi connectivity index (χ2v) is 10.8. The van der Waals surface area contributed by atoms with Crippen molar-refractivity contribution >= 4 is 40.2 Å². The average molecular weight is 572 g/mol. The molecule has 0 unspecified atom stereocenters. The highest BCUT2D eigenvalue weighted by molar-refractivity contribution is 6.30. The van der Waals surface area contributed by atoms with Crippen LogP contribution in [0.4, 0.5) is 0 Å². The molecule has 7 heteroatoms. The molecule has 0 aliphatic heterocycles. The molecule has 1 saturated carbocycles. The molecular formula is C33H28Cl2N2O3. The Morgan fingerprint density at radius 3 is 2.05 bits per heavy atom.